The molecule has 0 unspecified atom stereocenters. The number of hydrogen-bond donors (Lipinski definition) is 1. The Kier molecular flexibility index (Phi) is 2.26. The van der Waals surface area contributed by atoms with Crippen molar-refractivity contribution in [3.05, 3.63) is 42.6 Å². The van der Waals surface area contributed by atoms with Gasteiger partial charge in [0.2, 0.25) is 0 Å². The Morgan fingerprint density at radius 1 is 1.12 bits per heavy atom. The number of fused-ring (bicyclic) bond motifs is 1. The number of benzene rings is 1. The van der Waals surface area contributed by atoms with Crippen molar-refractivity contribution in [2.75, 3.05) is 7.11 Å². The predicted octanol–water partition coefficient (Wildman–Crippen LogP) is 2.63. The van der Waals surface area contributed by atoms with E-state index < -0.39 is 0 Å². The fourth-order valence-electron chi connectivity index (χ4n) is 1.83. The van der Waals surface area contributed by atoms with E-state index in [1.54, 1.807) is 13.3 Å². The molecular formula is C13H11N3O. The van der Waals surface area contributed by atoms with Crippen molar-refractivity contribution in [1.82, 2.24) is 15.2 Å². The summed E-state index contributed by atoms with van der Waals surface area (Å²) in [5.74, 6) is 0.781. The SMILES string of the molecule is COc1cccc2ccc(-c3ccn[nH]3)nc12. The van der Waals surface area contributed by atoms with E-state index in [0.717, 1.165) is 28.0 Å². The van der Waals surface area contributed by atoms with E-state index in [2.05, 4.69) is 15.2 Å². The van der Waals surface area contributed by atoms with Crippen LogP contribution in [0.1, 0.15) is 0 Å². The van der Waals surface area contributed by atoms with E-state index in [0.29, 0.717) is 0 Å². The molecule has 2 aromatic heterocycles. The molecule has 4 nitrogen and oxygen atoms in total. The molecule has 4 heteroatoms. The number of para-hydroxylation sites is 1. The second-order valence-electron chi connectivity index (χ2n) is 3.70. The van der Waals surface area contributed by atoms with Crippen molar-refractivity contribution >= 4 is 10.9 Å². The molecule has 3 aromatic rings. The van der Waals surface area contributed by atoms with E-state index in [1.807, 2.05) is 36.4 Å². The van der Waals surface area contributed by atoms with Crippen molar-refractivity contribution in [2.45, 2.75) is 0 Å². The summed E-state index contributed by atoms with van der Waals surface area (Å²) in [4.78, 5) is 4.59. The van der Waals surface area contributed by atoms with E-state index in [9.17, 15) is 0 Å². The van der Waals surface area contributed by atoms with Gasteiger partial charge >= 0.3 is 0 Å². The van der Waals surface area contributed by atoms with E-state index in [-0.39, 0.29) is 0 Å². The molecule has 2 heterocycles. The van der Waals surface area contributed by atoms with Crippen LogP contribution in [0.2, 0.25) is 0 Å². The van der Waals surface area contributed by atoms with Gasteiger partial charge in [0.05, 0.1) is 18.5 Å². The fourth-order valence-corrected chi connectivity index (χ4v) is 1.83. The van der Waals surface area contributed by atoms with Gasteiger partial charge < -0.3 is 4.74 Å². The third-order valence-corrected chi connectivity index (χ3v) is 2.68. The Balaban J connectivity index is 2.24. The summed E-state index contributed by atoms with van der Waals surface area (Å²) in [6.45, 7) is 0. The average molecular weight is 225 g/mol. The number of nitrogens with one attached hydrogen (secondary N) is 1. The Morgan fingerprint density at radius 2 is 2.06 bits per heavy atom. The Bertz CT molecular complexity index is 647. The van der Waals surface area contributed by atoms with Crippen molar-refractivity contribution < 1.29 is 4.74 Å². The van der Waals surface area contributed by atoms with E-state index >= 15 is 0 Å². The molecule has 0 amide bonds. The summed E-state index contributed by atoms with van der Waals surface area (Å²) >= 11 is 0. The number of rotatable bonds is 2. The van der Waals surface area contributed by atoms with Crippen LogP contribution in [-0.2, 0) is 0 Å². The van der Waals surface area contributed by atoms with Gasteiger partial charge in [-0.25, -0.2) is 4.98 Å². The number of methoxy groups -OCH3 is 1. The molecule has 0 aliphatic heterocycles. The lowest BCUT2D eigenvalue weighted by Gasteiger charge is -2.05. The van der Waals surface area contributed by atoms with Gasteiger partial charge in [0.25, 0.3) is 0 Å². The summed E-state index contributed by atoms with van der Waals surface area (Å²) in [6.07, 6.45) is 1.71. The topological polar surface area (TPSA) is 50.8 Å². The lowest BCUT2D eigenvalue weighted by molar-refractivity contribution is 0.419. The van der Waals surface area contributed by atoms with Crippen LogP contribution in [0.4, 0.5) is 0 Å². The van der Waals surface area contributed by atoms with Crippen LogP contribution in [0.3, 0.4) is 0 Å². The highest BCUT2D eigenvalue weighted by Gasteiger charge is 2.06. The molecule has 3 rings (SSSR count). The van der Waals surface area contributed by atoms with Gasteiger partial charge in [0.1, 0.15) is 11.3 Å². The molecule has 0 fully saturated rings. The lowest BCUT2D eigenvalue weighted by Crippen LogP contribution is -1.90. The van der Waals surface area contributed by atoms with Crippen molar-refractivity contribution in [3.63, 3.8) is 0 Å². The Morgan fingerprint density at radius 3 is 2.82 bits per heavy atom. The molecule has 0 saturated heterocycles. The molecular weight excluding hydrogens is 214 g/mol. The fraction of sp³-hybridized carbons (Fsp3) is 0.0769. The lowest BCUT2D eigenvalue weighted by atomic mass is 10.1. The standard InChI is InChI=1S/C13H11N3O/c1-17-12-4-2-3-9-5-6-10(15-13(9)12)11-7-8-14-16-11/h2-8H,1H3,(H,14,16). The summed E-state index contributed by atoms with van der Waals surface area (Å²) in [7, 11) is 1.65. The van der Waals surface area contributed by atoms with Crippen LogP contribution in [0.25, 0.3) is 22.3 Å². The van der Waals surface area contributed by atoms with Crippen LogP contribution < -0.4 is 4.74 Å². The largest absolute Gasteiger partial charge is 0.494 e. The number of ether oxygens (including phenoxy) is 1. The zero-order chi connectivity index (χ0) is 11.7. The predicted molar refractivity (Wildman–Crippen MR) is 65.9 cm³/mol. The minimum Gasteiger partial charge on any atom is -0.494 e. The molecule has 1 aromatic carbocycles. The van der Waals surface area contributed by atoms with E-state index in [4.69, 9.17) is 4.74 Å². The second kappa shape index (κ2) is 3.90. The number of hydrogen-bond acceptors (Lipinski definition) is 3. The first-order valence-corrected chi connectivity index (χ1v) is 5.32. The summed E-state index contributed by atoms with van der Waals surface area (Å²) in [5.41, 5.74) is 2.62. The van der Waals surface area contributed by atoms with Crippen LogP contribution in [0.15, 0.2) is 42.6 Å². The smallest absolute Gasteiger partial charge is 0.145 e. The third kappa shape index (κ3) is 1.63. The maximum Gasteiger partial charge on any atom is 0.145 e. The quantitative estimate of drug-likeness (QED) is 0.729. The molecule has 0 spiro atoms. The van der Waals surface area contributed by atoms with Crippen molar-refractivity contribution in [2.24, 2.45) is 0 Å². The first-order valence-electron chi connectivity index (χ1n) is 5.32. The summed E-state index contributed by atoms with van der Waals surface area (Å²) in [6, 6.07) is 11.8. The number of aromatic nitrogens is 3. The van der Waals surface area contributed by atoms with Gasteiger partial charge in [-0.05, 0) is 18.2 Å². The average Bonchev–Trinajstić information content (AvgIpc) is 2.91. The van der Waals surface area contributed by atoms with Crippen molar-refractivity contribution in [1.29, 1.82) is 0 Å². The Labute approximate surface area is 98.3 Å². The van der Waals surface area contributed by atoms with Gasteiger partial charge in [0.15, 0.2) is 0 Å². The maximum absolute atomic E-state index is 5.31. The highest BCUT2D eigenvalue weighted by atomic mass is 16.5. The van der Waals surface area contributed by atoms with Crippen LogP contribution in [-0.4, -0.2) is 22.3 Å². The number of aromatic amines is 1. The van der Waals surface area contributed by atoms with Gasteiger partial charge in [-0.3, -0.25) is 5.10 Å². The summed E-state index contributed by atoms with van der Waals surface area (Å²) in [5, 5.41) is 7.89. The van der Waals surface area contributed by atoms with Crippen LogP contribution in [0, 0.1) is 0 Å². The number of H-pyrrole nitrogens is 1. The zero-order valence-electron chi connectivity index (χ0n) is 9.34. The highest BCUT2D eigenvalue weighted by molar-refractivity contribution is 5.86. The first-order chi connectivity index (χ1) is 8.38. The molecule has 84 valence electrons. The number of pyridine rings is 1. The molecule has 0 radical (unpaired) electrons. The van der Waals surface area contributed by atoms with Gasteiger partial charge in [0, 0.05) is 11.6 Å². The second-order valence-corrected chi connectivity index (χ2v) is 3.70. The normalized spacial score (nSPS) is 10.6. The zero-order valence-corrected chi connectivity index (χ0v) is 9.34. The van der Waals surface area contributed by atoms with Crippen molar-refractivity contribution in [3.8, 4) is 17.1 Å². The van der Waals surface area contributed by atoms with Gasteiger partial charge in [-0.15, -0.1) is 0 Å². The van der Waals surface area contributed by atoms with Gasteiger partial charge in [-0.1, -0.05) is 18.2 Å². The van der Waals surface area contributed by atoms with Gasteiger partial charge in [-0.2, -0.15) is 5.10 Å². The van der Waals surface area contributed by atoms with E-state index in [1.165, 1.54) is 0 Å². The molecule has 0 saturated carbocycles. The minimum absolute atomic E-state index is 0.781. The minimum atomic E-state index is 0.781. The monoisotopic (exact) mass is 225 g/mol. The molecule has 17 heavy (non-hydrogen) atoms. The summed E-state index contributed by atoms with van der Waals surface area (Å²) < 4.78 is 5.31. The highest BCUT2D eigenvalue weighted by Crippen LogP contribution is 2.26. The Hall–Kier alpha value is -2.36. The molecule has 0 aliphatic rings. The number of nitrogens with zero attached hydrogens (tertiary/aromatic N) is 2. The molecule has 0 bridgehead atoms. The van der Waals surface area contributed by atoms with Crippen LogP contribution >= 0.6 is 0 Å². The van der Waals surface area contributed by atoms with Crippen LogP contribution in [0.5, 0.6) is 5.75 Å². The third-order valence-electron chi connectivity index (χ3n) is 2.68. The molecule has 1 N–H and O–H groups in total. The molecule has 0 aliphatic carbocycles. The maximum atomic E-state index is 5.31. The first kappa shape index (κ1) is 9.84. The molecule has 0 atom stereocenters.